The molecule has 0 aliphatic carbocycles. The molecule has 0 radical (unpaired) electrons. The van der Waals surface area contributed by atoms with E-state index in [4.69, 9.17) is 4.42 Å². The van der Waals surface area contributed by atoms with E-state index >= 15 is 0 Å². The van der Waals surface area contributed by atoms with Crippen LogP contribution < -0.4 is 5.32 Å². The number of halogens is 1. The highest BCUT2D eigenvalue weighted by Crippen LogP contribution is 2.21. The minimum Gasteiger partial charge on any atom is -0.468 e. The van der Waals surface area contributed by atoms with Crippen LogP contribution in [-0.4, -0.2) is 0 Å². The summed E-state index contributed by atoms with van der Waals surface area (Å²) in [7, 11) is 0. The standard InChI is InChI=1S/C14H16FNO/c1-10(12-6-3-4-7-13(12)15)16-11(2)14-8-5-9-17-14/h3-11,16H,1-2H3/t10-,11?/m1/s1. The zero-order valence-corrected chi connectivity index (χ0v) is 9.98. The van der Waals surface area contributed by atoms with Crippen molar-refractivity contribution in [3.63, 3.8) is 0 Å². The van der Waals surface area contributed by atoms with Crippen molar-refractivity contribution in [1.82, 2.24) is 5.32 Å². The number of hydrogen-bond acceptors (Lipinski definition) is 2. The Morgan fingerprint density at radius 1 is 1.06 bits per heavy atom. The molecular weight excluding hydrogens is 217 g/mol. The predicted molar refractivity (Wildman–Crippen MR) is 65.1 cm³/mol. The summed E-state index contributed by atoms with van der Waals surface area (Å²) in [5.41, 5.74) is 0.672. The van der Waals surface area contributed by atoms with E-state index in [0.717, 1.165) is 5.76 Å². The zero-order chi connectivity index (χ0) is 12.3. The lowest BCUT2D eigenvalue weighted by Crippen LogP contribution is -2.22. The Labute approximate surface area is 100 Å². The summed E-state index contributed by atoms with van der Waals surface area (Å²) in [4.78, 5) is 0. The molecule has 90 valence electrons. The number of benzene rings is 1. The van der Waals surface area contributed by atoms with E-state index in [0.29, 0.717) is 5.56 Å². The average molecular weight is 233 g/mol. The second kappa shape index (κ2) is 5.15. The Morgan fingerprint density at radius 2 is 1.82 bits per heavy atom. The van der Waals surface area contributed by atoms with Crippen molar-refractivity contribution in [2.24, 2.45) is 0 Å². The summed E-state index contributed by atoms with van der Waals surface area (Å²) in [5, 5.41) is 3.31. The van der Waals surface area contributed by atoms with Gasteiger partial charge in [-0.05, 0) is 32.0 Å². The fourth-order valence-electron chi connectivity index (χ4n) is 1.91. The first-order valence-corrected chi connectivity index (χ1v) is 5.72. The molecule has 2 rings (SSSR count). The molecule has 0 aliphatic heterocycles. The highest BCUT2D eigenvalue weighted by molar-refractivity contribution is 5.21. The van der Waals surface area contributed by atoms with Gasteiger partial charge in [-0.25, -0.2) is 4.39 Å². The van der Waals surface area contributed by atoms with E-state index in [-0.39, 0.29) is 17.9 Å². The normalized spacial score (nSPS) is 14.5. The molecule has 3 heteroatoms. The third-order valence-corrected chi connectivity index (χ3v) is 2.84. The van der Waals surface area contributed by atoms with Gasteiger partial charge in [0.2, 0.25) is 0 Å². The first kappa shape index (κ1) is 11.9. The summed E-state index contributed by atoms with van der Waals surface area (Å²) in [6.45, 7) is 3.94. The van der Waals surface area contributed by atoms with Crippen LogP contribution in [0.25, 0.3) is 0 Å². The van der Waals surface area contributed by atoms with Gasteiger partial charge in [0.05, 0.1) is 12.3 Å². The Hall–Kier alpha value is -1.61. The molecule has 17 heavy (non-hydrogen) atoms. The van der Waals surface area contributed by atoms with Crippen LogP contribution >= 0.6 is 0 Å². The molecule has 2 atom stereocenters. The largest absolute Gasteiger partial charge is 0.468 e. The first-order valence-electron chi connectivity index (χ1n) is 5.72. The van der Waals surface area contributed by atoms with E-state index in [1.807, 2.05) is 32.0 Å². The molecule has 2 nitrogen and oxygen atoms in total. The Kier molecular flexibility index (Phi) is 3.59. The van der Waals surface area contributed by atoms with Gasteiger partial charge in [-0.3, -0.25) is 0 Å². The van der Waals surface area contributed by atoms with Crippen LogP contribution in [-0.2, 0) is 0 Å². The van der Waals surface area contributed by atoms with E-state index in [1.165, 1.54) is 6.07 Å². The van der Waals surface area contributed by atoms with Crippen LogP contribution in [0.1, 0.15) is 37.3 Å². The highest BCUT2D eigenvalue weighted by atomic mass is 19.1. The van der Waals surface area contributed by atoms with E-state index < -0.39 is 0 Å². The molecule has 1 aromatic heterocycles. The number of nitrogens with one attached hydrogen (secondary N) is 1. The maximum atomic E-state index is 13.6. The lowest BCUT2D eigenvalue weighted by atomic mass is 10.1. The molecule has 0 bridgehead atoms. The maximum Gasteiger partial charge on any atom is 0.127 e. The second-order valence-electron chi connectivity index (χ2n) is 4.15. The Balaban J connectivity index is 2.07. The summed E-state index contributed by atoms with van der Waals surface area (Å²) in [6, 6.07) is 10.6. The number of furan rings is 1. The lowest BCUT2D eigenvalue weighted by molar-refractivity contribution is 0.397. The van der Waals surface area contributed by atoms with Gasteiger partial charge < -0.3 is 9.73 Å². The number of hydrogen-bond donors (Lipinski definition) is 1. The first-order chi connectivity index (χ1) is 8.18. The fraction of sp³-hybridized carbons (Fsp3) is 0.286. The van der Waals surface area contributed by atoms with Gasteiger partial charge in [0.25, 0.3) is 0 Å². The summed E-state index contributed by atoms with van der Waals surface area (Å²) in [5.74, 6) is 0.673. The second-order valence-corrected chi connectivity index (χ2v) is 4.15. The Bertz CT molecular complexity index is 467. The van der Waals surface area contributed by atoms with Gasteiger partial charge >= 0.3 is 0 Å². The van der Waals surface area contributed by atoms with Crippen LogP contribution in [0.4, 0.5) is 4.39 Å². The van der Waals surface area contributed by atoms with Crippen molar-refractivity contribution >= 4 is 0 Å². The van der Waals surface area contributed by atoms with Gasteiger partial charge in [0.15, 0.2) is 0 Å². The monoisotopic (exact) mass is 233 g/mol. The van der Waals surface area contributed by atoms with Gasteiger partial charge in [0, 0.05) is 11.6 Å². The summed E-state index contributed by atoms with van der Waals surface area (Å²) in [6.07, 6.45) is 1.64. The molecule has 0 saturated heterocycles. The van der Waals surface area contributed by atoms with Gasteiger partial charge in [-0.2, -0.15) is 0 Å². The van der Waals surface area contributed by atoms with Crippen molar-refractivity contribution in [1.29, 1.82) is 0 Å². The van der Waals surface area contributed by atoms with Crippen LogP contribution in [0, 0.1) is 5.82 Å². The minimum atomic E-state index is -0.181. The quantitative estimate of drug-likeness (QED) is 0.868. The van der Waals surface area contributed by atoms with Crippen molar-refractivity contribution in [3.8, 4) is 0 Å². The third-order valence-electron chi connectivity index (χ3n) is 2.84. The summed E-state index contributed by atoms with van der Waals surface area (Å²) >= 11 is 0. The van der Waals surface area contributed by atoms with E-state index in [1.54, 1.807) is 18.4 Å². The maximum absolute atomic E-state index is 13.6. The molecule has 1 N–H and O–H groups in total. The van der Waals surface area contributed by atoms with Crippen LogP contribution in [0.2, 0.25) is 0 Å². The van der Waals surface area contributed by atoms with Gasteiger partial charge in [-0.1, -0.05) is 18.2 Å². The van der Waals surface area contributed by atoms with Crippen molar-refractivity contribution in [3.05, 3.63) is 59.8 Å². The van der Waals surface area contributed by atoms with E-state index in [2.05, 4.69) is 5.32 Å². The predicted octanol–water partition coefficient (Wildman–Crippen LogP) is 3.83. The topological polar surface area (TPSA) is 25.2 Å². The molecule has 0 saturated carbocycles. The Morgan fingerprint density at radius 3 is 2.47 bits per heavy atom. The van der Waals surface area contributed by atoms with Crippen molar-refractivity contribution in [2.75, 3.05) is 0 Å². The molecule has 1 heterocycles. The van der Waals surface area contributed by atoms with Gasteiger partial charge in [0.1, 0.15) is 11.6 Å². The molecule has 0 aliphatic rings. The SMILES string of the molecule is CC(N[C@H](C)c1ccccc1F)c1ccco1. The lowest BCUT2D eigenvalue weighted by Gasteiger charge is -2.19. The molecule has 1 unspecified atom stereocenters. The molecule has 0 amide bonds. The van der Waals surface area contributed by atoms with Crippen LogP contribution in [0.15, 0.2) is 47.1 Å². The van der Waals surface area contributed by atoms with E-state index in [9.17, 15) is 4.39 Å². The van der Waals surface area contributed by atoms with Crippen LogP contribution in [0.3, 0.4) is 0 Å². The molecule has 1 aromatic carbocycles. The van der Waals surface area contributed by atoms with Gasteiger partial charge in [-0.15, -0.1) is 0 Å². The molecular formula is C14H16FNO. The number of rotatable bonds is 4. The summed E-state index contributed by atoms with van der Waals surface area (Å²) < 4.78 is 18.9. The molecule has 0 spiro atoms. The average Bonchev–Trinajstić information content (AvgIpc) is 2.82. The highest BCUT2D eigenvalue weighted by Gasteiger charge is 2.15. The third kappa shape index (κ3) is 2.74. The smallest absolute Gasteiger partial charge is 0.127 e. The minimum absolute atomic E-state index is 0.0552. The molecule has 2 aromatic rings. The van der Waals surface area contributed by atoms with Crippen LogP contribution in [0.5, 0.6) is 0 Å². The zero-order valence-electron chi connectivity index (χ0n) is 9.98. The fourth-order valence-corrected chi connectivity index (χ4v) is 1.91. The van der Waals surface area contributed by atoms with Crippen molar-refractivity contribution in [2.45, 2.75) is 25.9 Å². The van der Waals surface area contributed by atoms with Crippen molar-refractivity contribution < 1.29 is 8.81 Å². The molecule has 0 fully saturated rings.